The number of aromatic nitrogens is 2. The molecule has 0 saturated heterocycles. The van der Waals surface area contributed by atoms with Crippen molar-refractivity contribution >= 4 is 29.0 Å². The van der Waals surface area contributed by atoms with Crippen LogP contribution >= 0.6 is 0 Å². The third-order valence-electron chi connectivity index (χ3n) is 4.31. The number of aryl methyl sites for hydroxylation is 1. The molecule has 6 nitrogen and oxygen atoms in total. The predicted octanol–water partition coefficient (Wildman–Crippen LogP) is 4.05. The molecule has 9 heteroatoms. The summed E-state index contributed by atoms with van der Waals surface area (Å²) in [5, 5.41) is 0. The normalized spacial score (nSPS) is 14.0. The van der Waals surface area contributed by atoms with Crippen LogP contribution in [0.15, 0.2) is 52.4 Å². The van der Waals surface area contributed by atoms with E-state index in [9.17, 15) is 13.2 Å². The van der Waals surface area contributed by atoms with E-state index in [0.717, 1.165) is 22.9 Å². The van der Waals surface area contributed by atoms with Gasteiger partial charge in [0.25, 0.3) is 0 Å². The minimum Gasteiger partial charge on any atom is -0.432 e. The van der Waals surface area contributed by atoms with Crippen LogP contribution in [0.2, 0.25) is 0 Å². The molecule has 0 aliphatic carbocycles. The highest BCUT2D eigenvalue weighted by Gasteiger charge is 2.23. The summed E-state index contributed by atoms with van der Waals surface area (Å²) in [7, 11) is 0. The van der Waals surface area contributed by atoms with Gasteiger partial charge in [-0.15, -0.1) is 0 Å². The summed E-state index contributed by atoms with van der Waals surface area (Å²) < 4.78 is 45.1. The molecule has 4 rings (SSSR count). The van der Waals surface area contributed by atoms with E-state index in [1.54, 1.807) is 4.90 Å². The summed E-state index contributed by atoms with van der Waals surface area (Å²) in [6.45, 7) is -0.917. The van der Waals surface area contributed by atoms with Gasteiger partial charge in [0.15, 0.2) is 11.6 Å². The molecule has 0 amide bonds. The number of hydrogen-bond acceptors (Lipinski definition) is 5. The van der Waals surface area contributed by atoms with Gasteiger partial charge in [-0.1, -0.05) is 19.1 Å². The second-order valence-electron chi connectivity index (χ2n) is 6.00. The lowest BCUT2D eigenvalue weighted by Crippen LogP contribution is -2.39. The first-order chi connectivity index (χ1) is 13.6. The van der Waals surface area contributed by atoms with Crippen molar-refractivity contribution in [3.05, 3.63) is 54.1 Å². The first kappa shape index (κ1) is 18.0. The van der Waals surface area contributed by atoms with Crippen LogP contribution in [0, 0.1) is 5.82 Å². The number of hydrogen-bond donors (Lipinski definition) is 0. The Kier molecular flexibility index (Phi) is 4.72. The highest BCUT2D eigenvalue weighted by atomic mass is 19.3. The third kappa shape index (κ3) is 3.19. The number of para-hydroxylation sites is 2. The molecular weight excluding hydrogens is 371 g/mol. The largest absolute Gasteiger partial charge is 0.432 e. The molecule has 0 atom stereocenters. The average molecular weight is 387 g/mol. The number of fused-ring (bicyclic) bond motifs is 1. The molecule has 0 saturated carbocycles. The Morgan fingerprint density at radius 2 is 2.00 bits per heavy atom. The molecule has 2 aromatic carbocycles. The highest BCUT2D eigenvalue weighted by molar-refractivity contribution is 6.06. The van der Waals surface area contributed by atoms with Crippen molar-refractivity contribution in [2.45, 2.75) is 20.0 Å². The van der Waals surface area contributed by atoms with Crippen molar-refractivity contribution < 1.29 is 17.9 Å². The second kappa shape index (κ2) is 7.34. The number of benzene rings is 2. The fourth-order valence-electron chi connectivity index (χ4n) is 3.10. The molecule has 1 aliphatic heterocycles. The Morgan fingerprint density at radius 3 is 2.75 bits per heavy atom. The molecule has 1 aromatic heterocycles. The fraction of sp³-hybridized carbons (Fsp3) is 0.211. The molecule has 0 unspecified atom stereocenters. The highest BCUT2D eigenvalue weighted by Crippen LogP contribution is 2.27. The molecule has 3 aromatic rings. The van der Waals surface area contributed by atoms with Gasteiger partial charge in [-0.05, 0) is 24.3 Å². The number of anilines is 1. The van der Waals surface area contributed by atoms with Gasteiger partial charge in [0.05, 0.1) is 11.0 Å². The van der Waals surface area contributed by atoms with Crippen molar-refractivity contribution in [3.63, 3.8) is 0 Å². The predicted molar refractivity (Wildman–Crippen MR) is 101 cm³/mol. The van der Waals surface area contributed by atoms with Crippen LogP contribution in [0.4, 0.5) is 18.9 Å². The van der Waals surface area contributed by atoms with E-state index in [-0.39, 0.29) is 6.67 Å². The third-order valence-corrected chi connectivity index (χ3v) is 4.31. The lowest BCUT2D eigenvalue weighted by molar-refractivity contribution is -0.0521. The molecule has 1 aliphatic rings. The molecule has 2 heterocycles. The Labute approximate surface area is 158 Å². The number of halogens is 3. The van der Waals surface area contributed by atoms with E-state index < -0.39 is 18.2 Å². The zero-order valence-electron chi connectivity index (χ0n) is 14.9. The number of ether oxygens (including phenoxy) is 1. The zero-order valence-corrected chi connectivity index (χ0v) is 14.9. The maximum absolute atomic E-state index is 14.3. The first-order valence-corrected chi connectivity index (χ1v) is 8.63. The molecular formula is C19H16F3N5O. The van der Waals surface area contributed by atoms with Gasteiger partial charge in [-0.25, -0.2) is 14.4 Å². The van der Waals surface area contributed by atoms with E-state index in [4.69, 9.17) is 0 Å². The quantitative estimate of drug-likeness (QED) is 0.679. The monoisotopic (exact) mass is 387 g/mol. The van der Waals surface area contributed by atoms with E-state index in [2.05, 4.69) is 19.7 Å². The summed E-state index contributed by atoms with van der Waals surface area (Å²) >= 11 is 0. The molecule has 0 bridgehead atoms. The molecule has 0 radical (unpaired) electrons. The summed E-state index contributed by atoms with van der Waals surface area (Å²) in [6, 6.07) is 11.4. The van der Waals surface area contributed by atoms with Crippen molar-refractivity contribution in [1.29, 1.82) is 0 Å². The topological polar surface area (TPSA) is 55.0 Å². The average Bonchev–Trinajstić information content (AvgIpc) is 3.08. The second-order valence-corrected chi connectivity index (χ2v) is 6.00. The summed E-state index contributed by atoms with van der Waals surface area (Å²) in [6.07, 6.45) is 2.10. The van der Waals surface area contributed by atoms with Crippen LogP contribution in [-0.4, -0.2) is 35.1 Å². The van der Waals surface area contributed by atoms with Gasteiger partial charge in [0.2, 0.25) is 5.96 Å². The molecule has 0 fully saturated rings. The molecule has 0 spiro atoms. The van der Waals surface area contributed by atoms with Gasteiger partial charge in [0.1, 0.15) is 18.8 Å². The van der Waals surface area contributed by atoms with Gasteiger partial charge in [0, 0.05) is 18.2 Å². The first-order valence-electron chi connectivity index (χ1n) is 8.63. The van der Waals surface area contributed by atoms with Crippen molar-refractivity contribution in [1.82, 2.24) is 9.55 Å². The van der Waals surface area contributed by atoms with Crippen LogP contribution in [0.1, 0.15) is 12.7 Å². The van der Waals surface area contributed by atoms with E-state index in [1.807, 2.05) is 35.8 Å². The van der Waals surface area contributed by atoms with E-state index in [0.29, 0.717) is 18.1 Å². The van der Waals surface area contributed by atoms with E-state index >= 15 is 0 Å². The Balaban J connectivity index is 1.79. The lowest BCUT2D eigenvalue weighted by Gasteiger charge is -2.27. The van der Waals surface area contributed by atoms with Crippen molar-refractivity contribution in [3.8, 4) is 5.75 Å². The fourth-order valence-corrected chi connectivity index (χ4v) is 3.10. The zero-order chi connectivity index (χ0) is 19.7. The van der Waals surface area contributed by atoms with Crippen LogP contribution in [0.25, 0.3) is 11.0 Å². The van der Waals surface area contributed by atoms with Crippen LogP contribution in [0.5, 0.6) is 5.75 Å². The van der Waals surface area contributed by atoms with Crippen LogP contribution < -0.4 is 9.64 Å². The summed E-state index contributed by atoms with van der Waals surface area (Å²) in [5.74, 6) is -0.112. The maximum atomic E-state index is 14.3. The number of imidazole rings is 1. The Morgan fingerprint density at radius 1 is 1.18 bits per heavy atom. The van der Waals surface area contributed by atoms with Gasteiger partial charge in [-0.2, -0.15) is 8.78 Å². The smallest absolute Gasteiger partial charge is 0.387 e. The van der Waals surface area contributed by atoms with Gasteiger partial charge >= 0.3 is 6.61 Å². The van der Waals surface area contributed by atoms with Crippen molar-refractivity contribution in [2.75, 3.05) is 11.6 Å². The number of alkyl halides is 2. The SMILES string of the molecule is CCc1nc2ccccc2n1C1=NC=NCN1c1ccc(OC(F)F)c(F)c1. The maximum Gasteiger partial charge on any atom is 0.387 e. The van der Waals surface area contributed by atoms with Gasteiger partial charge < -0.3 is 4.74 Å². The number of aliphatic imine (C=N–C) groups is 2. The molecule has 28 heavy (non-hydrogen) atoms. The van der Waals surface area contributed by atoms with Crippen LogP contribution in [-0.2, 0) is 6.42 Å². The van der Waals surface area contributed by atoms with Crippen molar-refractivity contribution in [2.24, 2.45) is 9.98 Å². The molecule has 0 N–H and O–H groups in total. The Hall–Kier alpha value is -3.36. The summed E-state index contributed by atoms with van der Waals surface area (Å²) in [4.78, 5) is 14.8. The Bertz CT molecular complexity index is 1080. The van der Waals surface area contributed by atoms with E-state index in [1.165, 1.54) is 18.5 Å². The number of nitrogens with zero attached hydrogens (tertiary/aromatic N) is 5. The lowest BCUT2D eigenvalue weighted by atomic mass is 10.2. The van der Waals surface area contributed by atoms with Crippen LogP contribution in [0.3, 0.4) is 0 Å². The summed E-state index contributed by atoms with van der Waals surface area (Å²) in [5.41, 5.74) is 2.09. The minimum absolute atomic E-state index is 0.197. The van der Waals surface area contributed by atoms with Gasteiger partial charge in [-0.3, -0.25) is 14.5 Å². The minimum atomic E-state index is -3.10. The standard InChI is InChI=1S/C19H16F3N5O/c1-2-17-25-14-5-3-4-6-15(14)27(17)19-24-10-23-11-26(19)12-7-8-16(13(20)9-12)28-18(21)22/h3-10,18H,2,11H2,1H3. The molecule has 144 valence electrons. The number of rotatable bonds is 4.